The molecule has 0 N–H and O–H groups in total. The van der Waals surface area contributed by atoms with E-state index in [2.05, 4.69) is 42.0 Å². The zero-order valence-corrected chi connectivity index (χ0v) is 15.7. The molecule has 0 aliphatic carbocycles. The molecule has 1 aliphatic heterocycles. The molecule has 1 aromatic carbocycles. The number of likely N-dealkylation sites (N-methyl/N-ethyl adjacent to an activating group) is 1. The zero-order chi connectivity index (χ0) is 17.2. The molecule has 1 heterocycles. The Bertz CT molecular complexity index is 471. The Hall–Kier alpha value is -1.26. The lowest BCUT2D eigenvalue weighted by Gasteiger charge is -2.32. The summed E-state index contributed by atoms with van der Waals surface area (Å²) in [4.78, 5) is 4.98. The summed E-state index contributed by atoms with van der Waals surface area (Å²) in [6.07, 6.45) is 5.83. The Kier molecular flexibility index (Phi) is 8.40. The maximum atomic E-state index is 5.86. The molecule has 0 saturated carbocycles. The summed E-state index contributed by atoms with van der Waals surface area (Å²) < 4.78 is 11.4. The highest BCUT2D eigenvalue weighted by atomic mass is 16.5. The minimum Gasteiger partial charge on any atom is -0.493 e. The van der Waals surface area contributed by atoms with Crippen molar-refractivity contribution in [3.05, 3.63) is 23.8 Å². The van der Waals surface area contributed by atoms with Crippen LogP contribution in [0.3, 0.4) is 0 Å². The van der Waals surface area contributed by atoms with Crippen LogP contribution in [0.2, 0.25) is 0 Å². The van der Waals surface area contributed by atoms with Gasteiger partial charge >= 0.3 is 0 Å². The van der Waals surface area contributed by atoms with E-state index in [-0.39, 0.29) is 0 Å². The van der Waals surface area contributed by atoms with Crippen molar-refractivity contribution in [3.8, 4) is 11.5 Å². The second-order valence-corrected chi connectivity index (χ2v) is 6.79. The monoisotopic (exact) mass is 334 g/mol. The fraction of sp³-hybridized carbons (Fsp3) is 0.700. The topological polar surface area (TPSA) is 24.9 Å². The third kappa shape index (κ3) is 6.33. The average molecular weight is 335 g/mol. The summed E-state index contributed by atoms with van der Waals surface area (Å²) in [6.45, 7) is 8.94. The zero-order valence-electron chi connectivity index (χ0n) is 15.7. The van der Waals surface area contributed by atoms with Crippen molar-refractivity contribution in [1.29, 1.82) is 0 Å². The van der Waals surface area contributed by atoms with Crippen LogP contribution in [0, 0.1) is 0 Å². The van der Waals surface area contributed by atoms with Crippen molar-refractivity contribution in [2.24, 2.45) is 0 Å². The molecule has 1 fully saturated rings. The summed E-state index contributed by atoms with van der Waals surface area (Å²) in [7, 11) is 3.93. The minimum absolute atomic E-state index is 0.771. The van der Waals surface area contributed by atoms with Crippen LogP contribution in [0.25, 0.3) is 0 Å². The lowest BCUT2D eigenvalue weighted by molar-refractivity contribution is 0.153. The van der Waals surface area contributed by atoms with Gasteiger partial charge in [-0.2, -0.15) is 0 Å². The Morgan fingerprint density at radius 2 is 1.79 bits per heavy atom. The predicted molar refractivity (Wildman–Crippen MR) is 100 cm³/mol. The van der Waals surface area contributed by atoms with Crippen LogP contribution in [-0.2, 0) is 6.42 Å². The lowest BCUT2D eigenvalue weighted by atomic mass is 10.1. The summed E-state index contributed by atoms with van der Waals surface area (Å²) in [5, 5.41) is 0. The SMILES string of the molecule is CCCCCOc1ccc(CCCN2CCN(C)CC2)cc1OC. The number of aryl methyl sites for hydroxylation is 1. The number of piperazine rings is 1. The number of hydrogen-bond acceptors (Lipinski definition) is 4. The van der Waals surface area contributed by atoms with Crippen LogP contribution >= 0.6 is 0 Å². The highest BCUT2D eigenvalue weighted by molar-refractivity contribution is 5.43. The number of rotatable bonds is 10. The van der Waals surface area contributed by atoms with Gasteiger partial charge in [0.1, 0.15) is 0 Å². The van der Waals surface area contributed by atoms with Crippen molar-refractivity contribution in [2.45, 2.75) is 39.0 Å². The summed E-state index contributed by atoms with van der Waals surface area (Å²) in [5.74, 6) is 1.74. The molecule has 4 nitrogen and oxygen atoms in total. The van der Waals surface area contributed by atoms with Gasteiger partial charge in [-0.1, -0.05) is 25.8 Å². The molecule has 0 spiro atoms. The van der Waals surface area contributed by atoms with Gasteiger partial charge in [0.2, 0.25) is 0 Å². The minimum atomic E-state index is 0.771. The molecule has 2 rings (SSSR count). The van der Waals surface area contributed by atoms with E-state index in [1.165, 1.54) is 57.5 Å². The summed E-state index contributed by atoms with van der Waals surface area (Å²) in [6, 6.07) is 6.39. The van der Waals surface area contributed by atoms with Gasteiger partial charge < -0.3 is 19.3 Å². The molecule has 0 unspecified atom stereocenters. The van der Waals surface area contributed by atoms with Crippen LogP contribution in [0.1, 0.15) is 38.2 Å². The van der Waals surface area contributed by atoms with Gasteiger partial charge in [0.15, 0.2) is 11.5 Å². The molecule has 0 bridgehead atoms. The molecule has 0 atom stereocenters. The molecule has 24 heavy (non-hydrogen) atoms. The number of unbranched alkanes of at least 4 members (excludes halogenated alkanes) is 2. The van der Waals surface area contributed by atoms with Gasteiger partial charge in [0.25, 0.3) is 0 Å². The van der Waals surface area contributed by atoms with Crippen molar-refractivity contribution < 1.29 is 9.47 Å². The second kappa shape index (κ2) is 10.6. The molecule has 1 aliphatic rings. The van der Waals surface area contributed by atoms with E-state index in [1.807, 2.05) is 0 Å². The first-order chi connectivity index (χ1) is 11.7. The molecule has 136 valence electrons. The fourth-order valence-electron chi connectivity index (χ4n) is 3.10. The van der Waals surface area contributed by atoms with Gasteiger partial charge in [0, 0.05) is 26.2 Å². The van der Waals surface area contributed by atoms with E-state index in [0.717, 1.165) is 30.9 Å². The molecule has 0 aromatic heterocycles. The fourth-order valence-corrected chi connectivity index (χ4v) is 3.10. The van der Waals surface area contributed by atoms with E-state index in [1.54, 1.807) is 7.11 Å². The van der Waals surface area contributed by atoms with E-state index in [0.29, 0.717) is 0 Å². The van der Waals surface area contributed by atoms with Crippen LogP contribution in [0.4, 0.5) is 0 Å². The molecule has 1 aromatic rings. The summed E-state index contributed by atoms with van der Waals surface area (Å²) >= 11 is 0. The van der Waals surface area contributed by atoms with Gasteiger partial charge in [-0.15, -0.1) is 0 Å². The van der Waals surface area contributed by atoms with Gasteiger partial charge in [-0.3, -0.25) is 0 Å². The van der Waals surface area contributed by atoms with Crippen molar-refractivity contribution >= 4 is 0 Å². The Balaban J connectivity index is 1.76. The molecule has 0 amide bonds. The van der Waals surface area contributed by atoms with Crippen molar-refractivity contribution in [3.63, 3.8) is 0 Å². The second-order valence-electron chi connectivity index (χ2n) is 6.79. The maximum Gasteiger partial charge on any atom is 0.161 e. The van der Waals surface area contributed by atoms with Gasteiger partial charge in [0.05, 0.1) is 13.7 Å². The number of hydrogen-bond donors (Lipinski definition) is 0. The molecule has 0 radical (unpaired) electrons. The molecular weight excluding hydrogens is 300 g/mol. The number of methoxy groups -OCH3 is 1. The lowest BCUT2D eigenvalue weighted by Crippen LogP contribution is -2.44. The third-order valence-corrected chi connectivity index (χ3v) is 4.77. The third-order valence-electron chi connectivity index (χ3n) is 4.77. The number of benzene rings is 1. The predicted octanol–water partition coefficient (Wildman–Crippen LogP) is 3.44. The quantitative estimate of drug-likeness (QED) is 0.612. The average Bonchev–Trinajstić information content (AvgIpc) is 2.61. The van der Waals surface area contributed by atoms with Gasteiger partial charge in [-0.05, 0) is 50.6 Å². The van der Waals surface area contributed by atoms with E-state index in [9.17, 15) is 0 Å². The van der Waals surface area contributed by atoms with E-state index in [4.69, 9.17) is 9.47 Å². The molecular formula is C20H34N2O2. The number of nitrogens with zero attached hydrogens (tertiary/aromatic N) is 2. The largest absolute Gasteiger partial charge is 0.493 e. The summed E-state index contributed by atoms with van der Waals surface area (Å²) in [5.41, 5.74) is 1.34. The highest BCUT2D eigenvalue weighted by Gasteiger charge is 2.13. The first kappa shape index (κ1) is 19.1. The molecule has 1 saturated heterocycles. The van der Waals surface area contributed by atoms with Crippen molar-refractivity contribution in [1.82, 2.24) is 9.80 Å². The first-order valence-electron chi connectivity index (χ1n) is 9.43. The van der Waals surface area contributed by atoms with Crippen LogP contribution in [-0.4, -0.2) is 63.3 Å². The van der Waals surface area contributed by atoms with Gasteiger partial charge in [-0.25, -0.2) is 0 Å². The number of ether oxygens (including phenoxy) is 2. The normalized spacial score (nSPS) is 16.3. The highest BCUT2D eigenvalue weighted by Crippen LogP contribution is 2.28. The maximum absolute atomic E-state index is 5.86. The van der Waals surface area contributed by atoms with Crippen molar-refractivity contribution in [2.75, 3.05) is 53.5 Å². The molecule has 4 heteroatoms. The van der Waals surface area contributed by atoms with E-state index < -0.39 is 0 Å². The smallest absolute Gasteiger partial charge is 0.161 e. The van der Waals surface area contributed by atoms with Crippen LogP contribution in [0.5, 0.6) is 11.5 Å². The Morgan fingerprint density at radius 1 is 1.00 bits per heavy atom. The Morgan fingerprint density at radius 3 is 2.50 bits per heavy atom. The standard InChI is InChI=1S/C20H34N2O2/c1-4-5-6-16-24-19-10-9-18(17-20(19)23-3)8-7-11-22-14-12-21(2)13-15-22/h9-10,17H,4-8,11-16H2,1-3H3. The van der Waals surface area contributed by atoms with Crippen LogP contribution < -0.4 is 9.47 Å². The van der Waals surface area contributed by atoms with Crippen LogP contribution in [0.15, 0.2) is 18.2 Å². The Labute approximate surface area is 147 Å². The van der Waals surface area contributed by atoms with E-state index >= 15 is 0 Å². The first-order valence-corrected chi connectivity index (χ1v) is 9.43.